The average molecular weight is 499 g/mol. The zero-order valence-electron chi connectivity index (χ0n) is 23.9. The van der Waals surface area contributed by atoms with Gasteiger partial charge in [-0.05, 0) is 59.4 Å². The highest BCUT2D eigenvalue weighted by Gasteiger charge is 2.29. The third-order valence-electron chi connectivity index (χ3n) is 6.31. The molecule has 0 bridgehead atoms. The summed E-state index contributed by atoms with van der Waals surface area (Å²) in [5.74, 6) is 0. The van der Waals surface area contributed by atoms with Gasteiger partial charge >= 0.3 is 0 Å². The Morgan fingerprint density at radius 1 is 0.892 bits per heavy atom. The Labute approximate surface area is 225 Å². The van der Waals surface area contributed by atoms with Crippen molar-refractivity contribution in [3.05, 3.63) is 113 Å². The first-order valence-electron chi connectivity index (χ1n) is 13.8. The molecule has 1 unspecified atom stereocenters. The van der Waals surface area contributed by atoms with Crippen LogP contribution in [0.3, 0.4) is 0 Å². The Balaban J connectivity index is 0.000000750. The molecular formula is C33H46N4. The summed E-state index contributed by atoms with van der Waals surface area (Å²) < 4.78 is 0. The third kappa shape index (κ3) is 7.27. The molecule has 3 N–H and O–H groups in total. The molecule has 0 fully saturated rings. The first-order chi connectivity index (χ1) is 18.2. The number of rotatable bonds is 5. The molecule has 2 aliphatic rings. The van der Waals surface area contributed by atoms with Crippen molar-refractivity contribution in [3.8, 4) is 0 Å². The Morgan fingerprint density at radius 2 is 1.54 bits per heavy atom. The molecule has 3 aromatic rings. The van der Waals surface area contributed by atoms with E-state index in [1.165, 1.54) is 28.0 Å². The molecular weight excluding hydrogens is 452 g/mol. The highest BCUT2D eigenvalue weighted by molar-refractivity contribution is 5.81. The van der Waals surface area contributed by atoms with Gasteiger partial charge in [0, 0.05) is 36.4 Å². The van der Waals surface area contributed by atoms with E-state index in [4.69, 9.17) is 0 Å². The second kappa shape index (κ2) is 15.6. The summed E-state index contributed by atoms with van der Waals surface area (Å²) in [6, 6.07) is 25.9. The predicted molar refractivity (Wildman–Crippen MR) is 164 cm³/mol. The largest absolute Gasteiger partial charge is 0.381 e. The van der Waals surface area contributed by atoms with Crippen molar-refractivity contribution in [1.29, 1.82) is 0 Å². The molecule has 3 aromatic carbocycles. The molecule has 0 aliphatic carbocycles. The fourth-order valence-corrected chi connectivity index (χ4v) is 4.45. The fourth-order valence-electron chi connectivity index (χ4n) is 4.45. The van der Waals surface area contributed by atoms with Gasteiger partial charge in [0.25, 0.3) is 0 Å². The quantitative estimate of drug-likeness (QED) is 0.329. The summed E-state index contributed by atoms with van der Waals surface area (Å²) in [5.41, 5.74) is 16.4. The summed E-state index contributed by atoms with van der Waals surface area (Å²) in [7, 11) is 0. The monoisotopic (exact) mass is 498 g/mol. The lowest BCUT2D eigenvalue weighted by atomic mass is 9.99. The lowest BCUT2D eigenvalue weighted by Crippen LogP contribution is -2.26. The van der Waals surface area contributed by atoms with Gasteiger partial charge in [0.05, 0.1) is 6.04 Å². The maximum Gasteiger partial charge on any atom is 0.0758 e. The predicted octanol–water partition coefficient (Wildman–Crippen LogP) is 8.60. The highest BCUT2D eigenvalue weighted by atomic mass is 15.4. The normalized spacial score (nSPS) is 14.8. The molecule has 0 saturated heterocycles. The molecule has 37 heavy (non-hydrogen) atoms. The van der Waals surface area contributed by atoms with Gasteiger partial charge in [-0.2, -0.15) is 0 Å². The van der Waals surface area contributed by atoms with Crippen molar-refractivity contribution in [1.82, 2.24) is 10.9 Å². The molecule has 1 atom stereocenters. The van der Waals surface area contributed by atoms with Gasteiger partial charge in [-0.25, -0.2) is 5.43 Å². The molecule has 2 heterocycles. The molecule has 5 rings (SSSR count). The maximum atomic E-state index is 4.47. The van der Waals surface area contributed by atoms with E-state index < -0.39 is 0 Å². The molecule has 4 heteroatoms. The molecule has 2 aliphatic heterocycles. The summed E-state index contributed by atoms with van der Waals surface area (Å²) >= 11 is 0. The van der Waals surface area contributed by atoms with Crippen LogP contribution < -0.4 is 21.1 Å². The van der Waals surface area contributed by atoms with Crippen LogP contribution in [0.25, 0.3) is 5.70 Å². The number of aryl methyl sites for hydroxylation is 1. The molecule has 0 radical (unpaired) electrons. The Morgan fingerprint density at radius 3 is 2.24 bits per heavy atom. The Hall–Kier alpha value is -3.50. The smallest absolute Gasteiger partial charge is 0.0758 e. The van der Waals surface area contributed by atoms with Crippen LogP contribution in [0.4, 0.5) is 11.4 Å². The van der Waals surface area contributed by atoms with Gasteiger partial charge in [-0.1, -0.05) is 103 Å². The lowest BCUT2D eigenvalue weighted by Gasteiger charge is -2.28. The zero-order valence-corrected chi connectivity index (χ0v) is 23.9. The minimum atomic E-state index is 0.224. The summed E-state index contributed by atoms with van der Waals surface area (Å²) in [4.78, 5) is 2.35. The third-order valence-corrected chi connectivity index (χ3v) is 6.31. The standard InChI is InChI=1S/C27H28N4.3C2H6/c1-19-7-3-4-8-22(19)17-28-24-13-11-21(12-14-24)20(2)31-16-15-23-18-29-30-27(23)25-9-5-6-10-26(25)31;3*1-2/h3-14,18,27-30H,2,15-17H2,1H3;3*1-2H3. The van der Waals surface area contributed by atoms with Gasteiger partial charge < -0.3 is 15.6 Å². The van der Waals surface area contributed by atoms with Gasteiger partial charge in [-0.15, -0.1) is 0 Å². The van der Waals surface area contributed by atoms with Gasteiger partial charge in [-0.3, -0.25) is 0 Å². The molecule has 0 amide bonds. The second-order valence-electron chi connectivity index (χ2n) is 8.21. The molecule has 4 nitrogen and oxygen atoms in total. The molecule has 0 spiro atoms. The maximum absolute atomic E-state index is 4.47. The minimum absolute atomic E-state index is 0.224. The van der Waals surface area contributed by atoms with E-state index >= 15 is 0 Å². The van der Waals surface area contributed by atoms with Crippen LogP contribution in [0.5, 0.6) is 0 Å². The first-order valence-corrected chi connectivity index (χ1v) is 13.8. The SMILES string of the molecule is C=C(c1ccc(NCc2ccccc2C)cc1)N1CCC2=CNNC2c2ccccc21.CC.CC.CC. The van der Waals surface area contributed by atoms with Crippen LogP contribution in [0.2, 0.25) is 0 Å². The molecule has 198 valence electrons. The number of hydrogen-bond donors (Lipinski definition) is 3. The van der Waals surface area contributed by atoms with Crippen molar-refractivity contribution in [2.75, 3.05) is 16.8 Å². The van der Waals surface area contributed by atoms with Crippen LogP contribution in [0.15, 0.2) is 91.1 Å². The topological polar surface area (TPSA) is 39.3 Å². The number of fused-ring (bicyclic) bond motifs is 3. The van der Waals surface area contributed by atoms with E-state index in [9.17, 15) is 0 Å². The second-order valence-corrected chi connectivity index (χ2v) is 8.21. The summed E-state index contributed by atoms with van der Waals surface area (Å²) in [6.45, 7) is 20.4. The molecule has 0 saturated carbocycles. The zero-order chi connectivity index (χ0) is 27.2. The first kappa shape index (κ1) is 29.7. The van der Waals surface area contributed by atoms with Crippen LogP contribution in [0.1, 0.15) is 76.3 Å². The number of hydrogen-bond acceptors (Lipinski definition) is 4. The Bertz CT molecular complexity index is 1130. The van der Waals surface area contributed by atoms with Crippen LogP contribution >= 0.6 is 0 Å². The Kier molecular flexibility index (Phi) is 12.5. The van der Waals surface area contributed by atoms with Crippen molar-refractivity contribution in [2.45, 2.75) is 67.5 Å². The number of para-hydroxylation sites is 1. The number of benzene rings is 3. The number of nitrogens with zero attached hydrogens (tertiary/aromatic N) is 1. The number of hydrazine groups is 1. The van der Waals surface area contributed by atoms with E-state index in [2.05, 4.69) is 114 Å². The minimum Gasteiger partial charge on any atom is -0.381 e. The summed E-state index contributed by atoms with van der Waals surface area (Å²) in [6.07, 6.45) is 3.09. The average Bonchev–Trinajstić information content (AvgIpc) is 3.39. The van der Waals surface area contributed by atoms with E-state index in [1.807, 2.05) is 41.5 Å². The van der Waals surface area contributed by atoms with Crippen LogP contribution in [0, 0.1) is 6.92 Å². The van der Waals surface area contributed by atoms with E-state index in [-0.39, 0.29) is 6.04 Å². The van der Waals surface area contributed by atoms with Gasteiger partial charge in [0.1, 0.15) is 0 Å². The van der Waals surface area contributed by atoms with Crippen LogP contribution in [-0.4, -0.2) is 6.54 Å². The van der Waals surface area contributed by atoms with Crippen LogP contribution in [-0.2, 0) is 6.54 Å². The van der Waals surface area contributed by atoms with Crippen molar-refractivity contribution in [3.63, 3.8) is 0 Å². The van der Waals surface area contributed by atoms with E-state index in [0.29, 0.717) is 0 Å². The van der Waals surface area contributed by atoms with Gasteiger partial charge in [0.2, 0.25) is 0 Å². The van der Waals surface area contributed by atoms with Gasteiger partial charge in [0.15, 0.2) is 0 Å². The molecule has 0 aromatic heterocycles. The van der Waals surface area contributed by atoms with Crippen molar-refractivity contribution >= 4 is 17.1 Å². The number of nitrogens with one attached hydrogen (secondary N) is 3. The van der Waals surface area contributed by atoms with Crippen molar-refractivity contribution in [2.24, 2.45) is 0 Å². The lowest BCUT2D eigenvalue weighted by molar-refractivity contribution is 0.593. The van der Waals surface area contributed by atoms with E-state index in [0.717, 1.165) is 36.5 Å². The highest BCUT2D eigenvalue weighted by Crippen LogP contribution is 2.39. The fraction of sp³-hybridized carbons (Fsp3) is 0.333. The summed E-state index contributed by atoms with van der Waals surface area (Å²) in [5, 5.41) is 3.53. The van der Waals surface area contributed by atoms with Crippen molar-refractivity contribution < 1.29 is 0 Å². The van der Waals surface area contributed by atoms with E-state index in [1.54, 1.807) is 0 Å². The number of anilines is 2.